The first kappa shape index (κ1) is 10.2. The summed E-state index contributed by atoms with van der Waals surface area (Å²) in [7, 11) is 2.91. The number of hydrogen-bond acceptors (Lipinski definition) is 5. The monoisotopic (exact) mass is 197 g/mol. The van der Waals surface area contributed by atoms with Gasteiger partial charge in [-0.1, -0.05) is 0 Å². The maximum atomic E-state index is 11.3. The number of H-pyrrole nitrogens is 1. The molecule has 6 heteroatoms. The molecule has 76 valence electrons. The molecule has 1 rings (SSSR count). The Labute approximate surface area is 80.3 Å². The van der Waals surface area contributed by atoms with Gasteiger partial charge in [0.15, 0.2) is 0 Å². The van der Waals surface area contributed by atoms with Crippen LogP contribution in [0.3, 0.4) is 0 Å². The summed E-state index contributed by atoms with van der Waals surface area (Å²) in [6, 6.07) is 0. The zero-order valence-corrected chi connectivity index (χ0v) is 7.96. The molecule has 0 fully saturated rings. The van der Waals surface area contributed by atoms with Gasteiger partial charge in [-0.2, -0.15) is 0 Å². The number of anilines is 1. The lowest BCUT2D eigenvalue weighted by molar-refractivity contribution is -0.139. The topological polar surface area (TPSA) is 84.1 Å². The van der Waals surface area contributed by atoms with Crippen molar-refractivity contribution in [3.05, 3.63) is 22.1 Å². The van der Waals surface area contributed by atoms with E-state index in [9.17, 15) is 9.59 Å². The zero-order valence-electron chi connectivity index (χ0n) is 7.96. The number of ether oxygens (including phenoxy) is 1. The highest BCUT2D eigenvalue weighted by Gasteiger charge is 2.07. The molecule has 6 nitrogen and oxygen atoms in total. The number of aromatic amines is 1. The van der Waals surface area contributed by atoms with Crippen molar-refractivity contribution < 1.29 is 9.53 Å². The fourth-order valence-corrected chi connectivity index (χ4v) is 0.902. The second-order valence-electron chi connectivity index (χ2n) is 2.59. The summed E-state index contributed by atoms with van der Waals surface area (Å²) >= 11 is 0. The number of methoxy groups -OCH3 is 1. The predicted octanol–water partition coefficient (Wildman–Crippen LogP) is -0.473. The van der Waals surface area contributed by atoms with Crippen LogP contribution in [-0.4, -0.2) is 30.1 Å². The van der Waals surface area contributed by atoms with Gasteiger partial charge in [0.1, 0.15) is 0 Å². The van der Waals surface area contributed by atoms with E-state index in [2.05, 4.69) is 20.0 Å². The lowest BCUT2D eigenvalue weighted by Gasteiger charge is -2.00. The van der Waals surface area contributed by atoms with Crippen LogP contribution >= 0.6 is 0 Å². The highest BCUT2D eigenvalue weighted by molar-refractivity contribution is 5.72. The molecular formula is C8H11N3O3. The van der Waals surface area contributed by atoms with E-state index in [-0.39, 0.29) is 17.5 Å². The number of nitrogens with one attached hydrogen (secondary N) is 2. The van der Waals surface area contributed by atoms with E-state index in [1.807, 2.05) is 0 Å². The highest BCUT2D eigenvalue weighted by atomic mass is 16.5. The van der Waals surface area contributed by atoms with Gasteiger partial charge in [-0.15, -0.1) is 0 Å². The molecule has 14 heavy (non-hydrogen) atoms. The third-order valence-electron chi connectivity index (χ3n) is 1.67. The third-order valence-corrected chi connectivity index (χ3v) is 1.67. The predicted molar refractivity (Wildman–Crippen MR) is 50.1 cm³/mol. The van der Waals surface area contributed by atoms with E-state index in [4.69, 9.17) is 0 Å². The Kier molecular flexibility index (Phi) is 3.22. The van der Waals surface area contributed by atoms with Crippen molar-refractivity contribution in [2.45, 2.75) is 6.42 Å². The van der Waals surface area contributed by atoms with Gasteiger partial charge >= 0.3 is 5.97 Å². The molecule has 0 atom stereocenters. The van der Waals surface area contributed by atoms with Crippen molar-refractivity contribution in [3.63, 3.8) is 0 Å². The van der Waals surface area contributed by atoms with Gasteiger partial charge < -0.3 is 10.1 Å². The Hall–Kier alpha value is -1.85. The van der Waals surface area contributed by atoms with Crippen LogP contribution in [0, 0.1) is 0 Å². The molecule has 0 aliphatic heterocycles. The molecule has 1 heterocycles. The summed E-state index contributed by atoms with van der Waals surface area (Å²) in [5.74, 6) is -0.0990. The fourth-order valence-electron chi connectivity index (χ4n) is 0.902. The Balaban J connectivity index is 2.89. The summed E-state index contributed by atoms with van der Waals surface area (Å²) in [4.78, 5) is 28.5. The number of nitrogens with zero attached hydrogens (tertiary/aromatic N) is 1. The first-order chi connectivity index (χ1) is 6.67. The molecule has 0 amide bonds. The van der Waals surface area contributed by atoms with Crippen LogP contribution in [0.4, 0.5) is 5.95 Å². The smallest absolute Gasteiger partial charge is 0.310 e. The Bertz CT molecular complexity index is 386. The molecule has 0 saturated carbocycles. The summed E-state index contributed by atoms with van der Waals surface area (Å²) in [5, 5.41) is 2.68. The van der Waals surface area contributed by atoms with Gasteiger partial charge in [0, 0.05) is 18.8 Å². The molecule has 0 spiro atoms. The maximum Gasteiger partial charge on any atom is 0.310 e. The fraction of sp³-hybridized carbons (Fsp3) is 0.375. The van der Waals surface area contributed by atoms with E-state index < -0.39 is 5.97 Å². The first-order valence-corrected chi connectivity index (χ1v) is 4.00. The van der Waals surface area contributed by atoms with Crippen LogP contribution in [0.1, 0.15) is 5.56 Å². The minimum absolute atomic E-state index is 0.0666. The van der Waals surface area contributed by atoms with E-state index >= 15 is 0 Å². The number of carbonyl (C=O) groups is 1. The molecule has 2 N–H and O–H groups in total. The van der Waals surface area contributed by atoms with Gasteiger partial charge in [0.2, 0.25) is 5.95 Å². The molecule has 1 aromatic heterocycles. The zero-order chi connectivity index (χ0) is 10.6. The molecule has 0 aromatic carbocycles. The highest BCUT2D eigenvalue weighted by Crippen LogP contribution is 1.95. The molecule has 1 aromatic rings. The van der Waals surface area contributed by atoms with Gasteiger partial charge in [0.05, 0.1) is 13.5 Å². The number of hydrogen-bond donors (Lipinski definition) is 2. The summed E-state index contributed by atoms with van der Waals surface area (Å²) in [6.45, 7) is 0. The van der Waals surface area contributed by atoms with Crippen LogP contribution in [0.15, 0.2) is 11.0 Å². The van der Waals surface area contributed by atoms with Crippen molar-refractivity contribution in [2.75, 3.05) is 19.5 Å². The van der Waals surface area contributed by atoms with Crippen molar-refractivity contribution in [1.82, 2.24) is 9.97 Å². The molecular weight excluding hydrogens is 186 g/mol. The molecule has 0 aliphatic carbocycles. The van der Waals surface area contributed by atoms with Gasteiger partial charge in [0.25, 0.3) is 5.56 Å². The standard InChI is InChI=1S/C8H11N3O3/c1-9-8-10-4-5(7(13)11-8)3-6(12)14-2/h4H,3H2,1-2H3,(H2,9,10,11,13). The number of rotatable bonds is 3. The quantitative estimate of drug-likeness (QED) is 0.640. The number of aromatic nitrogens is 2. The molecule has 0 radical (unpaired) electrons. The van der Waals surface area contributed by atoms with Crippen molar-refractivity contribution in [1.29, 1.82) is 0 Å². The van der Waals surface area contributed by atoms with Gasteiger partial charge in [-0.25, -0.2) is 4.98 Å². The van der Waals surface area contributed by atoms with Gasteiger partial charge in [-0.05, 0) is 0 Å². The SMILES string of the molecule is CNc1ncc(CC(=O)OC)c(=O)[nH]1. The molecule has 0 saturated heterocycles. The van der Waals surface area contributed by atoms with Crippen LogP contribution in [-0.2, 0) is 16.0 Å². The lowest BCUT2D eigenvalue weighted by atomic mass is 10.2. The molecule has 0 unspecified atom stereocenters. The largest absolute Gasteiger partial charge is 0.469 e. The van der Waals surface area contributed by atoms with Gasteiger partial charge in [-0.3, -0.25) is 14.6 Å². The average molecular weight is 197 g/mol. The lowest BCUT2D eigenvalue weighted by Crippen LogP contribution is -2.19. The Morgan fingerprint density at radius 1 is 1.71 bits per heavy atom. The molecule has 0 aliphatic rings. The second kappa shape index (κ2) is 4.40. The maximum absolute atomic E-state index is 11.3. The summed E-state index contributed by atoms with van der Waals surface area (Å²) in [6.07, 6.45) is 1.28. The average Bonchev–Trinajstić information content (AvgIpc) is 2.20. The van der Waals surface area contributed by atoms with Crippen LogP contribution in [0.25, 0.3) is 0 Å². The minimum atomic E-state index is -0.463. The summed E-state index contributed by atoms with van der Waals surface area (Å²) < 4.78 is 4.43. The second-order valence-corrected chi connectivity index (χ2v) is 2.59. The third kappa shape index (κ3) is 2.32. The number of carbonyl (C=O) groups excluding carboxylic acids is 1. The van der Waals surface area contributed by atoms with Crippen molar-refractivity contribution >= 4 is 11.9 Å². The van der Waals surface area contributed by atoms with E-state index in [0.717, 1.165) is 0 Å². The molecule has 0 bridgehead atoms. The number of esters is 1. The van der Waals surface area contributed by atoms with E-state index in [1.165, 1.54) is 13.3 Å². The minimum Gasteiger partial charge on any atom is -0.469 e. The van der Waals surface area contributed by atoms with Crippen LogP contribution < -0.4 is 10.9 Å². The Morgan fingerprint density at radius 3 is 2.93 bits per heavy atom. The normalized spacial score (nSPS) is 9.57. The van der Waals surface area contributed by atoms with E-state index in [1.54, 1.807) is 7.05 Å². The van der Waals surface area contributed by atoms with E-state index in [0.29, 0.717) is 5.95 Å². The summed E-state index contributed by atoms with van der Waals surface area (Å²) in [5.41, 5.74) is -0.0504. The first-order valence-electron chi connectivity index (χ1n) is 4.00. The van der Waals surface area contributed by atoms with Crippen molar-refractivity contribution in [2.24, 2.45) is 0 Å². The van der Waals surface area contributed by atoms with Crippen LogP contribution in [0.5, 0.6) is 0 Å². The van der Waals surface area contributed by atoms with Crippen molar-refractivity contribution in [3.8, 4) is 0 Å². The van der Waals surface area contributed by atoms with Crippen LogP contribution in [0.2, 0.25) is 0 Å². The Morgan fingerprint density at radius 2 is 2.43 bits per heavy atom.